The molecular weight excluding hydrogens is 244 g/mol. The van der Waals surface area contributed by atoms with Crippen molar-refractivity contribution in [1.29, 1.82) is 0 Å². The van der Waals surface area contributed by atoms with Crippen molar-refractivity contribution in [3.8, 4) is 5.75 Å². The number of hydrogen-bond acceptors (Lipinski definition) is 5. The summed E-state index contributed by atoms with van der Waals surface area (Å²) in [5.41, 5.74) is 1.82. The Kier molecular flexibility index (Phi) is 4.16. The molecule has 102 valence electrons. The minimum Gasteiger partial charge on any atom is -0.483 e. The molecule has 0 bridgehead atoms. The second-order valence-corrected chi connectivity index (χ2v) is 4.46. The van der Waals surface area contributed by atoms with Crippen molar-refractivity contribution >= 4 is 0 Å². The third-order valence-corrected chi connectivity index (χ3v) is 2.80. The van der Waals surface area contributed by atoms with Crippen molar-refractivity contribution in [3.63, 3.8) is 0 Å². The van der Waals surface area contributed by atoms with E-state index in [1.807, 2.05) is 32.0 Å². The molecule has 0 aliphatic rings. The van der Waals surface area contributed by atoms with E-state index in [0.717, 1.165) is 17.5 Å². The van der Waals surface area contributed by atoms with Gasteiger partial charge in [-0.3, -0.25) is 0 Å². The van der Waals surface area contributed by atoms with Crippen LogP contribution in [0.25, 0.3) is 0 Å². The average molecular weight is 262 g/mol. The van der Waals surface area contributed by atoms with E-state index >= 15 is 0 Å². The second kappa shape index (κ2) is 5.84. The highest BCUT2D eigenvalue weighted by Gasteiger charge is 2.11. The SMILES string of the molecule is CCc1noc(COc2cc(C)ccc2C(C)O)n1. The van der Waals surface area contributed by atoms with Crippen molar-refractivity contribution in [3.05, 3.63) is 41.0 Å². The van der Waals surface area contributed by atoms with E-state index in [4.69, 9.17) is 9.26 Å². The number of aliphatic hydroxyl groups excluding tert-OH is 1. The van der Waals surface area contributed by atoms with Gasteiger partial charge in [0.15, 0.2) is 12.4 Å². The van der Waals surface area contributed by atoms with Crippen molar-refractivity contribution < 1.29 is 14.4 Å². The first-order valence-electron chi connectivity index (χ1n) is 6.33. The minimum atomic E-state index is -0.579. The lowest BCUT2D eigenvalue weighted by Crippen LogP contribution is -2.01. The van der Waals surface area contributed by atoms with E-state index in [9.17, 15) is 5.11 Å². The summed E-state index contributed by atoms with van der Waals surface area (Å²) in [6.07, 6.45) is 0.150. The summed E-state index contributed by atoms with van der Waals surface area (Å²) in [6, 6.07) is 5.69. The summed E-state index contributed by atoms with van der Waals surface area (Å²) >= 11 is 0. The highest BCUT2D eigenvalue weighted by Crippen LogP contribution is 2.26. The van der Waals surface area contributed by atoms with Crippen LogP contribution in [0.2, 0.25) is 0 Å². The number of aromatic nitrogens is 2. The van der Waals surface area contributed by atoms with Gasteiger partial charge in [-0.25, -0.2) is 0 Å². The molecule has 2 aromatic rings. The quantitative estimate of drug-likeness (QED) is 0.896. The molecule has 5 heteroatoms. The fourth-order valence-corrected chi connectivity index (χ4v) is 1.74. The number of aryl methyl sites for hydroxylation is 2. The number of hydrogen-bond donors (Lipinski definition) is 1. The third-order valence-electron chi connectivity index (χ3n) is 2.80. The smallest absolute Gasteiger partial charge is 0.264 e. The molecule has 0 saturated heterocycles. The van der Waals surface area contributed by atoms with Gasteiger partial charge in [0.1, 0.15) is 5.75 Å². The molecule has 1 aromatic carbocycles. The fraction of sp³-hybridized carbons (Fsp3) is 0.429. The molecule has 1 unspecified atom stereocenters. The van der Waals surface area contributed by atoms with Gasteiger partial charge in [0, 0.05) is 12.0 Å². The van der Waals surface area contributed by atoms with Crippen molar-refractivity contribution in [2.24, 2.45) is 0 Å². The maximum atomic E-state index is 9.70. The zero-order valence-electron chi connectivity index (χ0n) is 11.4. The molecule has 5 nitrogen and oxygen atoms in total. The van der Waals surface area contributed by atoms with E-state index in [1.54, 1.807) is 6.92 Å². The van der Waals surface area contributed by atoms with Gasteiger partial charge < -0.3 is 14.4 Å². The number of aliphatic hydroxyl groups is 1. The zero-order valence-corrected chi connectivity index (χ0v) is 11.4. The predicted octanol–water partition coefficient (Wildman–Crippen LogP) is 2.57. The van der Waals surface area contributed by atoms with Gasteiger partial charge in [0.2, 0.25) is 0 Å². The van der Waals surface area contributed by atoms with E-state index in [0.29, 0.717) is 17.5 Å². The Morgan fingerprint density at radius 3 is 2.84 bits per heavy atom. The Hall–Kier alpha value is -1.88. The Labute approximate surface area is 112 Å². The molecule has 0 spiro atoms. The Morgan fingerprint density at radius 1 is 1.42 bits per heavy atom. The van der Waals surface area contributed by atoms with Gasteiger partial charge in [-0.2, -0.15) is 4.98 Å². The molecule has 0 amide bonds. The maximum absolute atomic E-state index is 9.70. The Bertz CT molecular complexity index is 549. The lowest BCUT2D eigenvalue weighted by molar-refractivity contribution is 0.185. The monoisotopic (exact) mass is 262 g/mol. The maximum Gasteiger partial charge on any atom is 0.264 e. The molecular formula is C14H18N2O3. The van der Waals surface area contributed by atoms with Crippen LogP contribution in [-0.2, 0) is 13.0 Å². The van der Waals surface area contributed by atoms with Crippen LogP contribution in [0, 0.1) is 6.92 Å². The van der Waals surface area contributed by atoms with Gasteiger partial charge in [-0.1, -0.05) is 24.2 Å². The molecule has 19 heavy (non-hydrogen) atoms. The highest BCUT2D eigenvalue weighted by molar-refractivity contribution is 5.38. The molecule has 0 saturated carbocycles. The molecule has 0 fully saturated rings. The third kappa shape index (κ3) is 3.32. The largest absolute Gasteiger partial charge is 0.483 e. The first-order chi connectivity index (χ1) is 9.10. The molecule has 1 heterocycles. The van der Waals surface area contributed by atoms with Crippen LogP contribution in [-0.4, -0.2) is 15.2 Å². The average Bonchev–Trinajstić information content (AvgIpc) is 2.84. The van der Waals surface area contributed by atoms with Crippen molar-refractivity contribution in [2.75, 3.05) is 0 Å². The topological polar surface area (TPSA) is 68.4 Å². The Balaban J connectivity index is 2.12. The van der Waals surface area contributed by atoms with Crippen LogP contribution in [0.15, 0.2) is 22.7 Å². The lowest BCUT2D eigenvalue weighted by Gasteiger charge is -2.13. The molecule has 0 aliphatic heterocycles. The number of nitrogens with zero attached hydrogens (tertiary/aromatic N) is 2. The van der Waals surface area contributed by atoms with Gasteiger partial charge in [0.05, 0.1) is 6.10 Å². The van der Waals surface area contributed by atoms with Crippen LogP contribution in [0.3, 0.4) is 0 Å². The molecule has 2 rings (SSSR count). The summed E-state index contributed by atoms with van der Waals surface area (Å²) < 4.78 is 10.7. The molecule has 1 atom stereocenters. The van der Waals surface area contributed by atoms with Crippen LogP contribution in [0.4, 0.5) is 0 Å². The Morgan fingerprint density at radius 2 is 2.21 bits per heavy atom. The summed E-state index contributed by atoms with van der Waals surface area (Å²) in [5, 5.41) is 13.5. The van der Waals surface area contributed by atoms with Gasteiger partial charge >= 0.3 is 0 Å². The summed E-state index contributed by atoms with van der Waals surface area (Å²) in [6.45, 7) is 5.84. The van der Waals surface area contributed by atoms with Crippen LogP contribution in [0.1, 0.15) is 42.8 Å². The van der Waals surface area contributed by atoms with Crippen molar-refractivity contribution in [1.82, 2.24) is 10.1 Å². The summed E-state index contributed by atoms with van der Waals surface area (Å²) in [4.78, 5) is 4.18. The lowest BCUT2D eigenvalue weighted by atomic mass is 10.1. The molecule has 0 aliphatic carbocycles. The molecule has 1 N–H and O–H groups in total. The van der Waals surface area contributed by atoms with Crippen LogP contribution < -0.4 is 4.74 Å². The fourth-order valence-electron chi connectivity index (χ4n) is 1.74. The number of rotatable bonds is 5. The molecule has 1 aromatic heterocycles. The summed E-state index contributed by atoms with van der Waals surface area (Å²) in [7, 11) is 0. The van der Waals surface area contributed by atoms with Crippen LogP contribution >= 0.6 is 0 Å². The number of ether oxygens (including phenoxy) is 1. The van der Waals surface area contributed by atoms with E-state index in [1.165, 1.54) is 0 Å². The second-order valence-electron chi connectivity index (χ2n) is 4.46. The van der Waals surface area contributed by atoms with E-state index < -0.39 is 6.10 Å². The normalized spacial score (nSPS) is 12.4. The van der Waals surface area contributed by atoms with Gasteiger partial charge in [0.25, 0.3) is 5.89 Å². The van der Waals surface area contributed by atoms with E-state index in [-0.39, 0.29) is 6.61 Å². The highest BCUT2D eigenvalue weighted by atomic mass is 16.5. The standard InChI is InChI=1S/C14H18N2O3/c1-4-13-15-14(19-16-13)8-18-12-7-9(2)5-6-11(12)10(3)17/h5-7,10,17H,4,8H2,1-3H3. The summed E-state index contributed by atoms with van der Waals surface area (Å²) in [5.74, 6) is 1.75. The van der Waals surface area contributed by atoms with Gasteiger partial charge in [-0.15, -0.1) is 0 Å². The molecule has 0 radical (unpaired) electrons. The van der Waals surface area contributed by atoms with E-state index in [2.05, 4.69) is 10.1 Å². The number of benzene rings is 1. The zero-order chi connectivity index (χ0) is 13.8. The minimum absolute atomic E-state index is 0.205. The predicted molar refractivity (Wildman–Crippen MR) is 69.8 cm³/mol. The van der Waals surface area contributed by atoms with Crippen molar-refractivity contribution in [2.45, 2.75) is 39.9 Å². The van der Waals surface area contributed by atoms with Gasteiger partial charge in [-0.05, 0) is 25.5 Å². The first-order valence-corrected chi connectivity index (χ1v) is 6.33. The first kappa shape index (κ1) is 13.5. The van der Waals surface area contributed by atoms with Crippen LogP contribution in [0.5, 0.6) is 5.75 Å².